The van der Waals surface area contributed by atoms with Crippen LogP contribution in [0.1, 0.15) is 73.6 Å². The highest BCUT2D eigenvalue weighted by Gasteiger charge is 2.35. The topological polar surface area (TPSA) is 109 Å². The van der Waals surface area contributed by atoms with Crippen LogP contribution in [0, 0.1) is 0 Å². The first kappa shape index (κ1) is 25.6. The summed E-state index contributed by atoms with van der Waals surface area (Å²) in [5, 5.41) is 9.47. The summed E-state index contributed by atoms with van der Waals surface area (Å²) in [4.78, 5) is 28.1. The molecule has 2 atom stereocenters. The summed E-state index contributed by atoms with van der Waals surface area (Å²) in [5.74, 6) is 1.13. The molecule has 0 spiro atoms. The second kappa shape index (κ2) is 10.0. The van der Waals surface area contributed by atoms with Gasteiger partial charge in [-0.05, 0) is 70.0 Å². The van der Waals surface area contributed by atoms with Gasteiger partial charge >= 0.3 is 0 Å². The van der Waals surface area contributed by atoms with E-state index in [0.717, 1.165) is 16.9 Å². The van der Waals surface area contributed by atoms with E-state index >= 15 is 0 Å². The molecule has 2 aromatic carbocycles. The first-order valence-corrected chi connectivity index (χ1v) is 13.1. The maximum absolute atomic E-state index is 13.5. The Bertz CT molecular complexity index is 1320. The van der Waals surface area contributed by atoms with Crippen molar-refractivity contribution in [1.82, 2.24) is 15.2 Å². The van der Waals surface area contributed by atoms with Gasteiger partial charge in [0.1, 0.15) is 23.6 Å². The van der Waals surface area contributed by atoms with E-state index in [2.05, 4.69) is 22.6 Å². The molecule has 4 aliphatic rings. The standard InChI is InChI=1S/C29H35N5O4/c1-5-37-24-12-10-20-14-21(24)16-33-26(35)17-34(32-28(33)30)18(2)7-6-8-19-9-11-25-22(13-19)23(31-27(20)36)15-29(3,4)38-25/h6,8-14,18,23H,5,7,15-17H2,1-4H3,(H2,30,32)(H,31,36)/b8-6-. The first-order valence-electron chi connectivity index (χ1n) is 13.1. The van der Waals surface area contributed by atoms with Gasteiger partial charge in [-0.1, -0.05) is 18.2 Å². The molecule has 9 nitrogen and oxygen atoms in total. The number of rotatable bonds is 2. The van der Waals surface area contributed by atoms with E-state index in [1.807, 2.05) is 45.9 Å². The number of nitrogens with two attached hydrogens (primary N) is 1. The van der Waals surface area contributed by atoms with Crippen molar-refractivity contribution in [2.45, 2.75) is 64.8 Å². The zero-order chi connectivity index (χ0) is 27.0. The number of carbonyl (C=O) groups excluding carboxylic acids is 2. The minimum atomic E-state index is -0.434. The maximum atomic E-state index is 13.5. The van der Waals surface area contributed by atoms with Crippen molar-refractivity contribution in [3.05, 3.63) is 64.7 Å². The Kier molecular flexibility index (Phi) is 6.77. The molecule has 0 aromatic heterocycles. The lowest BCUT2D eigenvalue weighted by Gasteiger charge is -2.38. The minimum Gasteiger partial charge on any atom is -0.494 e. The fraction of sp³-hybridized carbons (Fsp3) is 0.414. The van der Waals surface area contributed by atoms with Gasteiger partial charge in [0, 0.05) is 29.2 Å². The van der Waals surface area contributed by atoms with Crippen LogP contribution in [0.4, 0.5) is 0 Å². The molecule has 4 heterocycles. The average molecular weight is 518 g/mol. The monoisotopic (exact) mass is 517 g/mol. The molecule has 38 heavy (non-hydrogen) atoms. The highest BCUT2D eigenvalue weighted by Crippen LogP contribution is 2.40. The smallest absolute Gasteiger partial charge is 0.251 e. The second-order valence-electron chi connectivity index (χ2n) is 10.7. The predicted molar refractivity (Wildman–Crippen MR) is 146 cm³/mol. The third-order valence-corrected chi connectivity index (χ3v) is 7.15. The van der Waals surface area contributed by atoms with Gasteiger partial charge < -0.3 is 20.5 Å². The maximum Gasteiger partial charge on any atom is 0.251 e. The minimum absolute atomic E-state index is 0.0223. The molecule has 6 rings (SSSR count). The Labute approximate surface area is 223 Å². The van der Waals surface area contributed by atoms with Crippen LogP contribution in [0.15, 0.2) is 47.6 Å². The summed E-state index contributed by atoms with van der Waals surface area (Å²) in [6.45, 7) is 8.69. The van der Waals surface area contributed by atoms with E-state index in [4.69, 9.17) is 15.2 Å². The molecule has 4 aliphatic heterocycles. The van der Waals surface area contributed by atoms with Crippen molar-refractivity contribution < 1.29 is 19.1 Å². The summed E-state index contributed by atoms with van der Waals surface area (Å²) in [7, 11) is 0. The van der Waals surface area contributed by atoms with E-state index in [1.165, 1.54) is 4.90 Å². The molecule has 3 N–H and O–H groups in total. The van der Waals surface area contributed by atoms with Gasteiger partial charge in [-0.25, -0.2) is 0 Å². The summed E-state index contributed by atoms with van der Waals surface area (Å²) in [6.07, 6.45) is 5.42. The fourth-order valence-electron chi connectivity index (χ4n) is 5.18. The lowest BCUT2D eigenvalue weighted by atomic mass is 9.88. The zero-order valence-corrected chi connectivity index (χ0v) is 22.4. The van der Waals surface area contributed by atoms with Gasteiger partial charge in [-0.3, -0.25) is 19.5 Å². The molecular weight excluding hydrogens is 482 g/mol. The number of hydrogen-bond acceptors (Lipinski definition) is 7. The van der Waals surface area contributed by atoms with Gasteiger partial charge in [0.05, 0.1) is 19.2 Å². The van der Waals surface area contributed by atoms with Crippen molar-refractivity contribution in [2.75, 3.05) is 13.2 Å². The molecule has 9 heteroatoms. The number of carbonyl (C=O) groups is 2. The van der Waals surface area contributed by atoms with E-state index in [-0.39, 0.29) is 42.9 Å². The molecule has 0 saturated carbocycles. The van der Waals surface area contributed by atoms with Crippen molar-refractivity contribution in [3.8, 4) is 11.5 Å². The summed E-state index contributed by atoms with van der Waals surface area (Å²) in [5.41, 5.74) is 8.96. The van der Waals surface area contributed by atoms with Crippen LogP contribution in [-0.2, 0) is 11.3 Å². The van der Waals surface area contributed by atoms with E-state index in [9.17, 15) is 9.59 Å². The summed E-state index contributed by atoms with van der Waals surface area (Å²) < 4.78 is 12.1. The van der Waals surface area contributed by atoms with Crippen LogP contribution in [0.5, 0.6) is 11.5 Å². The van der Waals surface area contributed by atoms with Gasteiger partial charge in [0.15, 0.2) is 0 Å². The lowest BCUT2D eigenvalue weighted by molar-refractivity contribution is -0.131. The van der Waals surface area contributed by atoms with Crippen LogP contribution in [-0.4, -0.2) is 52.5 Å². The quantitative estimate of drug-likeness (QED) is 0.627. The molecule has 0 saturated heterocycles. The molecule has 200 valence electrons. The molecule has 2 unspecified atom stereocenters. The Morgan fingerprint density at radius 1 is 1.18 bits per heavy atom. The largest absolute Gasteiger partial charge is 0.494 e. The van der Waals surface area contributed by atoms with Gasteiger partial charge in [0.2, 0.25) is 5.96 Å². The molecule has 2 amide bonds. The van der Waals surface area contributed by atoms with Crippen LogP contribution < -0.4 is 20.5 Å². The van der Waals surface area contributed by atoms with E-state index in [1.54, 1.807) is 23.2 Å². The number of amides is 2. The number of fused-ring (bicyclic) bond motifs is 4. The van der Waals surface area contributed by atoms with E-state index < -0.39 is 5.60 Å². The number of nitrogens with one attached hydrogen (secondary N) is 1. The Morgan fingerprint density at radius 2 is 2.00 bits per heavy atom. The number of hydrogen-bond donors (Lipinski definition) is 2. The first-order chi connectivity index (χ1) is 18.1. The van der Waals surface area contributed by atoms with Gasteiger partial charge in [-0.2, -0.15) is 0 Å². The summed E-state index contributed by atoms with van der Waals surface area (Å²) in [6, 6.07) is 11.1. The van der Waals surface area contributed by atoms with Crippen LogP contribution >= 0.6 is 0 Å². The number of guanidine groups is 1. The Morgan fingerprint density at radius 3 is 2.76 bits per heavy atom. The van der Waals surface area contributed by atoms with E-state index in [0.29, 0.717) is 36.3 Å². The third kappa shape index (κ3) is 5.18. The molecular formula is C29H35N5O4. The van der Waals surface area contributed by atoms with Crippen LogP contribution in [0.3, 0.4) is 0 Å². The third-order valence-electron chi connectivity index (χ3n) is 7.15. The number of ether oxygens (including phenoxy) is 2. The molecule has 0 radical (unpaired) electrons. The molecule has 6 bridgehead atoms. The van der Waals surface area contributed by atoms with Crippen LogP contribution in [0.2, 0.25) is 0 Å². The van der Waals surface area contributed by atoms with Crippen molar-refractivity contribution >= 4 is 23.8 Å². The fourth-order valence-corrected chi connectivity index (χ4v) is 5.18. The average Bonchev–Trinajstić information content (AvgIpc) is 2.86. The zero-order valence-electron chi connectivity index (χ0n) is 22.4. The SMILES string of the molecule is CCOc1ccc2cc1CN1C(=O)CN(N=C1N)C(C)C/C=C\c1ccc3c(c1)C(CC(C)(C)O3)NC2=O. The highest BCUT2D eigenvalue weighted by atomic mass is 16.5. The molecule has 2 aromatic rings. The highest BCUT2D eigenvalue weighted by molar-refractivity contribution is 5.99. The van der Waals surface area contributed by atoms with Gasteiger partial charge in [0.25, 0.3) is 11.8 Å². The Balaban J connectivity index is 1.59. The predicted octanol–water partition coefficient (Wildman–Crippen LogP) is 3.80. The van der Waals surface area contributed by atoms with Crippen molar-refractivity contribution in [3.63, 3.8) is 0 Å². The summed E-state index contributed by atoms with van der Waals surface area (Å²) >= 11 is 0. The normalized spacial score (nSPS) is 23.5. The van der Waals surface area contributed by atoms with Crippen molar-refractivity contribution in [1.29, 1.82) is 0 Å². The van der Waals surface area contributed by atoms with Crippen molar-refractivity contribution in [2.24, 2.45) is 10.8 Å². The number of hydrazone groups is 1. The van der Waals surface area contributed by atoms with Crippen LogP contribution in [0.25, 0.3) is 6.08 Å². The second-order valence-corrected chi connectivity index (χ2v) is 10.7. The Hall–Kier alpha value is -4.01. The number of benzene rings is 2. The van der Waals surface area contributed by atoms with Gasteiger partial charge in [-0.15, -0.1) is 5.10 Å². The number of nitrogens with zero attached hydrogens (tertiary/aromatic N) is 3. The lowest BCUT2D eigenvalue weighted by Crippen LogP contribution is -2.52. The molecule has 0 fully saturated rings. The molecule has 0 aliphatic carbocycles.